The van der Waals surface area contributed by atoms with Crippen molar-refractivity contribution in [3.8, 4) is 0 Å². The summed E-state index contributed by atoms with van der Waals surface area (Å²) in [5.74, 6) is 0.868. The third kappa shape index (κ3) is 3.28. The Kier molecular flexibility index (Phi) is 4.85. The summed E-state index contributed by atoms with van der Waals surface area (Å²) in [7, 11) is 3.91. The minimum Gasteiger partial charge on any atom is -0.394 e. The molecule has 24 heavy (non-hydrogen) atoms. The van der Waals surface area contributed by atoms with E-state index in [-0.39, 0.29) is 18.7 Å². The second kappa shape index (κ2) is 7.05. The first-order valence-corrected chi connectivity index (χ1v) is 8.31. The number of likely N-dealkylation sites (tertiary alicyclic amines) is 1. The van der Waals surface area contributed by atoms with Crippen molar-refractivity contribution >= 4 is 22.8 Å². The molecule has 1 aliphatic heterocycles. The Bertz CT molecular complexity index is 732. The molecule has 0 radical (unpaired) electrons. The number of aromatic nitrogens is 1. The lowest BCUT2D eigenvalue weighted by Crippen LogP contribution is -2.43. The van der Waals surface area contributed by atoms with Crippen LogP contribution in [-0.2, 0) is 6.54 Å². The Balaban J connectivity index is 1.80. The molecule has 0 saturated carbocycles. The van der Waals surface area contributed by atoms with Gasteiger partial charge in [0, 0.05) is 32.6 Å². The van der Waals surface area contributed by atoms with E-state index >= 15 is 0 Å². The van der Waals surface area contributed by atoms with Gasteiger partial charge in [-0.15, -0.1) is 0 Å². The number of hydrogen-bond acceptors (Lipinski definition) is 4. The quantitative estimate of drug-likeness (QED) is 0.900. The average Bonchev–Trinajstić information content (AvgIpc) is 3.07. The standard InChI is InChI=1S/C18H24N4O2/c1-21(2)17-10-13(15-7-3-4-8-16(15)20-17)11-19-18(24)22-9-5-6-14(22)12-23/h3-4,7-8,10,14,23H,5-6,9,11-12H2,1-2H3,(H,19,24)/t14-/m0/s1. The summed E-state index contributed by atoms with van der Waals surface area (Å²) in [5.41, 5.74) is 1.96. The van der Waals surface area contributed by atoms with Crippen LogP contribution in [0.3, 0.4) is 0 Å². The van der Waals surface area contributed by atoms with Crippen LogP contribution in [-0.4, -0.2) is 54.3 Å². The van der Waals surface area contributed by atoms with E-state index in [4.69, 9.17) is 0 Å². The first kappa shape index (κ1) is 16.5. The number of hydrogen-bond donors (Lipinski definition) is 2. The molecule has 2 N–H and O–H groups in total. The van der Waals surface area contributed by atoms with E-state index in [9.17, 15) is 9.90 Å². The number of carbonyl (C=O) groups excluding carboxylic acids is 1. The predicted molar refractivity (Wildman–Crippen MR) is 95.1 cm³/mol. The molecule has 1 atom stereocenters. The van der Waals surface area contributed by atoms with Gasteiger partial charge in [-0.25, -0.2) is 9.78 Å². The molecular weight excluding hydrogens is 304 g/mol. The number of pyridine rings is 1. The van der Waals surface area contributed by atoms with Crippen LogP contribution in [0.5, 0.6) is 0 Å². The number of aliphatic hydroxyl groups is 1. The zero-order chi connectivity index (χ0) is 17.1. The third-order valence-corrected chi connectivity index (χ3v) is 4.53. The minimum absolute atomic E-state index is 0.0242. The van der Waals surface area contributed by atoms with Gasteiger partial charge < -0.3 is 20.2 Å². The molecule has 6 heteroatoms. The van der Waals surface area contributed by atoms with Crippen molar-refractivity contribution in [1.82, 2.24) is 15.2 Å². The van der Waals surface area contributed by atoms with Crippen LogP contribution < -0.4 is 10.2 Å². The fourth-order valence-electron chi connectivity index (χ4n) is 3.17. The Morgan fingerprint density at radius 1 is 1.42 bits per heavy atom. The van der Waals surface area contributed by atoms with E-state index in [1.54, 1.807) is 4.90 Å². The lowest BCUT2D eigenvalue weighted by Gasteiger charge is -2.23. The smallest absolute Gasteiger partial charge is 0.317 e. The number of nitrogens with zero attached hydrogens (tertiary/aromatic N) is 3. The van der Waals surface area contributed by atoms with Gasteiger partial charge >= 0.3 is 6.03 Å². The lowest BCUT2D eigenvalue weighted by molar-refractivity contribution is 0.157. The van der Waals surface area contributed by atoms with Gasteiger partial charge in [0.05, 0.1) is 18.2 Å². The molecule has 3 rings (SSSR count). The fraction of sp³-hybridized carbons (Fsp3) is 0.444. The molecular formula is C18H24N4O2. The number of fused-ring (bicyclic) bond motifs is 1. The Labute approximate surface area is 142 Å². The molecule has 2 heterocycles. The number of rotatable bonds is 4. The number of aliphatic hydroxyl groups excluding tert-OH is 1. The molecule has 1 saturated heterocycles. The van der Waals surface area contributed by atoms with Gasteiger partial charge in [0.25, 0.3) is 0 Å². The number of urea groups is 1. The molecule has 2 aromatic rings. The van der Waals surface area contributed by atoms with Crippen molar-refractivity contribution in [2.45, 2.75) is 25.4 Å². The summed E-state index contributed by atoms with van der Waals surface area (Å²) in [5, 5.41) is 13.4. The van der Waals surface area contributed by atoms with Gasteiger partial charge in [0.15, 0.2) is 0 Å². The van der Waals surface area contributed by atoms with E-state index in [1.807, 2.05) is 49.3 Å². The maximum absolute atomic E-state index is 12.4. The highest BCUT2D eigenvalue weighted by atomic mass is 16.3. The SMILES string of the molecule is CN(C)c1cc(CNC(=O)N2CCC[C@H]2CO)c2ccccc2n1. The number of nitrogens with one attached hydrogen (secondary N) is 1. The van der Waals surface area contributed by atoms with E-state index in [2.05, 4.69) is 10.3 Å². The van der Waals surface area contributed by atoms with Crippen molar-refractivity contribution in [2.24, 2.45) is 0 Å². The zero-order valence-electron chi connectivity index (χ0n) is 14.2. The fourth-order valence-corrected chi connectivity index (χ4v) is 3.17. The normalized spacial score (nSPS) is 17.3. The molecule has 0 spiro atoms. The maximum atomic E-state index is 12.4. The molecule has 1 aliphatic rings. The van der Waals surface area contributed by atoms with Gasteiger partial charge in [0.2, 0.25) is 0 Å². The largest absolute Gasteiger partial charge is 0.394 e. The monoisotopic (exact) mass is 328 g/mol. The zero-order valence-corrected chi connectivity index (χ0v) is 14.2. The van der Waals surface area contributed by atoms with E-state index in [0.717, 1.165) is 35.1 Å². The van der Waals surface area contributed by atoms with E-state index in [0.29, 0.717) is 13.1 Å². The van der Waals surface area contributed by atoms with Crippen molar-refractivity contribution in [1.29, 1.82) is 0 Å². The third-order valence-electron chi connectivity index (χ3n) is 4.53. The number of amides is 2. The Hall–Kier alpha value is -2.34. The molecule has 128 valence electrons. The highest BCUT2D eigenvalue weighted by molar-refractivity contribution is 5.84. The Morgan fingerprint density at radius 2 is 2.21 bits per heavy atom. The summed E-state index contributed by atoms with van der Waals surface area (Å²) in [6, 6.07) is 9.79. The second-order valence-electron chi connectivity index (χ2n) is 6.38. The molecule has 2 amide bonds. The van der Waals surface area contributed by atoms with Crippen LogP contribution in [0.4, 0.5) is 10.6 Å². The molecule has 0 unspecified atom stereocenters. The Morgan fingerprint density at radius 3 is 2.96 bits per heavy atom. The number of para-hydroxylation sites is 1. The molecule has 6 nitrogen and oxygen atoms in total. The van der Waals surface area contributed by atoms with Gasteiger partial charge in [-0.2, -0.15) is 0 Å². The number of anilines is 1. The van der Waals surface area contributed by atoms with Gasteiger partial charge in [-0.3, -0.25) is 0 Å². The first-order valence-electron chi connectivity index (χ1n) is 8.31. The van der Waals surface area contributed by atoms with Crippen molar-refractivity contribution in [2.75, 3.05) is 32.1 Å². The second-order valence-corrected chi connectivity index (χ2v) is 6.38. The van der Waals surface area contributed by atoms with Crippen molar-refractivity contribution < 1.29 is 9.90 Å². The highest BCUT2D eigenvalue weighted by Crippen LogP contribution is 2.22. The predicted octanol–water partition coefficient (Wildman–Crippen LogP) is 1.97. The van der Waals surface area contributed by atoms with Crippen LogP contribution in [0.1, 0.15) is 18.4 Å². The summed E-state index contributed by atoms with van der Waals surface area (Å²) in [6.45, 7) is 1.17. The van der Waals surface area contributed by atoms with Gasteiger partial charge in [-0.1, -0.05) is 18.2 Å². The highest BCUT2D eigenvalue weighted by Gasteiger charge is 2.27. The maximum Gasteiger partial charge on any atom is 0.317 e. The minimum atomic E-state index is -0.112. The molecule has 0 bridgehead atoms. The van der Waals surface area contributed by atoms with Gasteiger partial charge in [-0.05, 0) is 30.5 Å². The van der Waals surface area contributed by atoms with E-state index < -0.39 is 0 Å². The van der Waals surface area contributed by atoms with Crippen LogP contribution >= 0.6 is 0 Å². The number of benzene rings is 1. The molecule has 1 aromatic carbocycles. The lowest BCUT2D eigenvalue weighted by atomic mass is 10.1. The topological polar surface area (TPSA) is 68.7 Å². The molecule has 0 aliphatic carbocycles. The summed E-state index contributed by atoms with van der Waals surface area (Å²) < 4.78 is 0. The molecule has 1 fully saturated rings. The van der Waals surface area contributed by atoms with Crippen molar-refractivity contribution in [3.63, 3.8) is 0 Å². The average molecular weight is 328 g/mol. The summed E-state index contributed by atoms with van der Waals surface area (Å²) >= 11 is 0. The van der Waals surface area contributed by atoms with E-state index in [1.165, 1.54) is 0 Å². The first-order chi connectivity index (χ1) is 11.6. The van der Waals surface area contributed by atoms with Gasteiger partial charge in [0.1, 0.15) is 5.82 Å². The molecule has 1 aromatic heterocycles. The van der Waals surface area contributed by atoms with Crippen LogP contribution in [0.25, 0.3) is 10.9 Å². The number of carbonyl (C=O) groups is 1. The van der Waals surface area contributed by atoms with Crippen molar-refractivity contribution in [3.05, 3.63) is 35.9 Å². The van der Waals surface area contributed by atoms with Crippen LogP contribution in [0.15, 0.2) is 30.3 Å². The summed E-state index contributed by atoms with van der Waals surface area (Å²) in [4.78, 5) is 20.7. The summed E-state index contributed by atoms with van der Waals surface area (Å²) in [6.07, 6.45) is 1.81. The van der Waals surface area contributed by atoms with Crippen LogP contribution in [0, 0.1) is 0 Å². The van der Waals surface area contributed by atoms with Crippen LogP contribution in [0.2, 0.25) is 0 Å².